The van der Waals surface area contributed by atoms with Gasteiger partial charge < -0.3 is 10.0 Å². The Morgan fingerprint density at radius 3 is 2.30 bits per heavy atom. The lowest BCUT2D eigenvalue weighted by atomic mass is 10.1. The summed E-state index contributed by atoms with van der Waals surface area (Å²) in [6.07, 6.45) is 0. The van der Waals surface area contributed by atoms with Gasteiger partial charge in [0.15, 0.2) is 0 Å². The van der Waals surface area contributed by atoms with E-state index >= 15 is 0 Å². The van der Waals surface area contributed by atoms with Crippen LogP contribution in [0.2, 0.25) is 0 Å². The van der Waals surface area contributed by atoms with E-state index in [4.69, 9.17) is 0 Å². The number of aromatic nitrogens is 1. The Morgan fingerprint density at radius 2 is 1.75 bits per heavy atom. The summed E-state index contributed by atoms with van der Waals surface area (Å²) >= 11 is 0. The molecule has 0 unspecified atom stereocenters. The van der Waals surface area contributed by atoms with E-state index < -0.39 is 0 Å². The summed E-state index contributed by atoms with van der Waals surface area (Å²) < 4.78 is 0. The molecule has 0 aliphatic carbocycles. The monoisotopic (exact) mass is 270 g/mol. The molecule has 2 rings (SSSR count). The maximum atomic E-state index is 9.66. The Balaban J connectivity index is 2.54. The van der Waals surface area contributed by atoms with Gasteiger partial charge in [-0.15, -0.1) is 0 Å². The molecule has 0 radical (unpaired) electrons. The molecule has 1 aromatic heterocycles. The molecular formula is C17H22N2O. The Hall–Kier alpha value is -1.87. The van der Waals surface area contributed by atoms with Crippen molar-refractivity contribution in [2.24, 2.45) is 0 Å². The first-order valence-electron chi connectivity index (χ1n) is 6.99. The maximum Gasteiger partial charge on any atom is 0.139 e. The molecule has 0 bridgehead atoms. The highest BCUT2D eigenvalue weighted by molar-refractivity contribution is 5.64. The predicted molar refractivity (Wildman–Crippen MR) is 83.5 cm³/mol. The average Bonchev–Trinajstić information content (AvgIpc) is 2.41. The standard InChI is InChI=1S/C17H22N2O/c1-5-19(15-8-6-12(2)7-9-15)17-16(11-20)13(3)10-14(4)18-17/h6-10,20H,5,11H2,1-4H3. The number of rotatable bonds is 4. The van der Waals surface area contributed by atoms with Gasteiger partial charge in [-0.1, -0.05) is 17.7 Å². The van der Waals surface area contributed by atoms with Crippen molar-refractivity contribution >= 4 is 11.5 Å². The van der Waals surface area contributed by atoms with Crippen LogP contribution in [0.1, 0.15) is 29.3 Å². The van der Waals surface area contributed by atoms with Crippen molar-refractivity contribution < 1.29 is 5.11 Å². The number of nitrogens with zero attached hydrogens (tertiary/aromatic N) is 2. The van der Waals surface area contributed by atoms with Crippen LogP contribution in [-0.4, -0.2) is 16.6 Å². The zero-order chi connectivity index (χ0) is 14.7. The fourth-order valence-corrected chi connectivity index (χ4v) is 2.44. The van der Waals surface area contributed by atoms with Crippen LogP contribution in [0.25, 0.3) is 0 Å². The van der Waals surface area contributed by atoms with Gasteiger partial charge in [0.2, 0.25) is 0 Å². The van der Waals surface area contributed by atoms with Crippen LogP contribution < -0.4 is 4.90 Å². The lowest BCUT2D eigenvalue weighted by Crippen LogP contribution is -2.20. The van der Waals surface area contributed by atoms with Gasteiger partial charge in [-0.3, -0.25) is 0 Å². The van der Waals surface area contributed by atoms with E-state index in [-0.39, 0.29) is 6.61 Å². The molecule has 0 saturated carbocycles. The Bertz CT molecular complexity index is 591. The van der Waals surface area contributed by atoms with E-state index in [9.17, 15) is 5.11 Å². The van der Waals surface area contributed by atoms with Gasteiger partial charge in [0.05, 0.1) is 6.61 Å². The van der Waals surface area contributed by atoms with Crippen LogP contribution in [0.5, 0.6) is 0 Å². The molecule has 1 N–H and O–H groups in total. The van der Waals surface area contributed by atoms with Gasteiger partial charge >= 0.3 is 0 Å². The van der Waals surface area contributed by atoms with E-state index in [0.717, 1.165) is 34.9 Å². The highest BCUT2D eigenvalue weighted by Crippen LogP contribution is 2.29. The lowest BCUT2D eigenvalue weighted by molar-refractivity contribution is 0.281. The number of pyridine rings is 1. The van der Waals surface area contributed by atoms with Gasteiger partial charge in [0.1, 0.15) is 5.82 Å². The summed E-state index contributed by atoms with van der Waals surface area (Å²) in [6.45, 7) is 9.00. The summed E-state index contributed by atoms with van der Waals surface area (Å²) in [7, 11) is 0. The van der Waals surface area contributed by atoms with E-state index in [1.165, 1.54) is 5.56 Å². The first kappa shape index (κ1) is 14.5. The van der Waals surface area contributed by atoms with Crippen LogP contribution in [0.3, 0.4) is 0 Å². The molecule has 1 aromatic carbocycles. The maximum absolute atomic E-state index is 9.66. The minimum Gasteiger partial charge on any atom is -0.392 e. The molecule has 0 atom stereocenters. The Labute approximate surface area is 120 Å². The molecule has 3 nitrogen and oxygen atoms in total. The smallest absolute Gasteiger partial charge is 0.139 e. The van der Waals surface area contributed by atoms with Crippen LogP contribution in [-0.2, 0) is 6.61 Å². The molecule has 0 saturated heterocycles. The van der Waals surface area contributed by atoms with Gasteiger partial charge in [0.25, 0.3) is 0 Å². The zero-order valence-electron chi connectivity index (χ0n) is 12.6. The summed E-state index contributed by atoms with van der Waals surface area (Å²) in [5.74, 6) is 0.858. The van der Waals surface area contributed by atoms with E-state index in [1.807, 2.05) is 19.9 Å². The third kappa shape index (κ3) is 2.83. The number of benzene rings is 1. The largest absolute Gasteiger partial charge is 0.392 e. The van der Waals surface area contributed by atoms with Crippen molar-refractivity contribution in [3.8, 4) is 0 Å². The minimum atomic E-state index is 0.0107. The fourth-order valence-electron chi connectivity index (χ4n) is 2.44. The van der Waals surface area contributed by atoms with Crippen molar-refractivity contribution in [3.63, 3.8) is 0 Å². The van der Waals surface area contributed by atoms with E-state index in [1.54, 1.807) is 0 Å². The van der Waals surface area contributed by atoms with Crippen LogP contribution in [0.15, 0.2) is 30.3 Å². The van der Waals surface area contributed by atoms with Crippen LogP contribution in [0.4, 0.5) is 11.5 Å². The molecule has 0 spiro atoms. The molecule has 2 aromatic rings. The van der Waals surface area contributed by atoms with Crippen LogP contribution in [0, 0.1) is 20.8 Å². The van der Waals surface area contributed by atoms with Gasteiger partial charge in [0, 0.05) is 23.5 Å². The van der Waals surface area contributed by atoms with Gasteiger partial charge in [-0.05, 0) is 51.5 Å². The third-order valence-corrected chi connectivity index (χ3v) is 3.53. The number of anilines is 2. The molecular weight excluding hydrogens is 248 g/mol. The molecule has 0 amide bonds. The molecule has 106 valence electrons. The summed E-state index contributed by atoms with van der Waals surface area (Å²) in [6, 6.07) is 10.4. The molecule has 3 heteroatoms. The summed E-state index contributed by atoms with van der Waals surface area (Å²) in [5.41, 5.74) is 5.30. The molecule has 20 heavy (non-hydrogen) atoms. The zero-order valence-corrected chi connectivity index (χ0v) is 12.6. The first-order valence-corrected chi connectivity index (χ1v) is 6.99. The summed E-state index contributed by atoms with van der Waals surface area (Å²) in [4.78, 5) is 6.78. The third-order valence-electron chi connectivity index (χ3n) is 3.53. The molecule has 0 fully saturated rings. The topological polar surface area (TPSA) is 36.4 Å². The fraction of sp³-hybridized carbons (Fsp3) is 0.353. The lowest BCUT2D eigenvalue weighted by Gasteiger charge is -2.25. The van der Waals surface area contributed by atoms with E-state index in [0.29, 0.717) is 0 Å². The van der Waals surface area contributed by atoms with Crippen molar-refractivity contribution in [1.29, 1.82) is 0 Å². The second kappa shape index (κ2) is 6.06. The highest BCUT2D eigenvalue weighted by atomic mass is 16.3. The van der Waals surface area contributed by atoms with Gasteiger partial charge in [-0.25, -0.2) is 4.98 Å². The quantitative estimate of drug-likeness (QED) is 0.921. The van der Waals surface area contributed by atoms with Crippen molar-refractivity contribution in [2.45, 2.75) is 34.3 Å². The predicted octanol–water partition coefficient (Wildman–Crippen LogP) is 3.66. The van der Waals surface area contributed by atoms with Crippen LogP contribution >= 0.6 is 0 Å². The van der Waals surface area contributed by atoms with Crippen molar-refractivity contribution in [3.05, 3.63) is 52.7 Å². The number of aliphatic hydroxyl groups is 1. The van der Waals surface area contributed by atoms with Crippen molar-refractivity contribution in [1.82, 2.24) is 4.98 Å². The second-order valence-corrected chi connectivity index (χ2v) is 5.12. The Kier molecular flexibility index (Phi) is 4.40. The van der Waals surface area contributed by atoms with Crippen molar-refractivity contribution in [2.75, 3.05) is 11.4 Å². The van der Waals surface area contributed by atoms with Gasteiger partial charge in [-0.2, -0.15) is 0 Å². The molecule has 0 aliphatic rings. The molecule has 1 heterocycles. The first-order chi connectivity index (χ1) is 9.56. The minimum absolute atomic E-state index is 0.0107. The normalized spacial score (nSPS) is 10.7. The number of aryl methyl sites for hydroxylation is 3. The second-order valence-electron chi connectivity index (χ2n) is 5.12. The number of aliphatic hydroxyl groups excluding tert-OH is 1. The number of hydrogen-bond acceptors (Lipinski definition) is 3. The SMILES string of the molecule is CCN(c1ccc(C)cc1)c1nc(C)cc(C)c1CO. The summed E-state index contributed by atoms with van der Waals surface area (Å²) in [5, 5.41) is 9.66. The number of hydrogen-bond donors (Lipinski definition) is 1. The van der Waals surface area contributed by atoms with E-state index in [2.05, 4.69) is 48.0 Å². The molecule has 0 aliphatic heterocycles. The Morgan fingerprint density at radius 1 is 1.10 bits per heavy atom. The average molecular weight is 270 g/mol. The highest BCUT2D eigenvalue weighted by Gasteiger charge is 2.15.